The van der Waals surface area contributed by atoms with Crippen molar-refractivity contribution in [1.82, 2.24) is 0 Å². The number of hydrogen-bond donors (Lipinski definition) is 1. The summed E-state index contributed by atoms with van der Waals surface area (Å²) in [5, 5.41) is 2.84. The molecular formula is C15H11ClF3NO. The van der Waals surface area contributed by atoms with E-state index in [1.54, 1.807) is 19.1 Å². The summed E-state index contributed by atoms with van der Waals surface area (Å²) >= 11 is 5.92. The van der Waals surface area contributed by atoms with Crippen LogP contribution < -0.4 is 5.32 Å². The molecule has 0 saturated carbocycles. The van der Waals surface area contributed by atoms with Gasteiger partial charge in [0.1, 0.15) is 0 Å². The monoisotopic (exact) mass is 313 g/mol. The van der Waals surface area contributed by atoms with Gasteiger partial charge in [-0.05, 0) is 36.8 Å². The average Bonchev–Trinajstić information content (AvgIpc) is 2.42. The second kappa shape index (κ2) is 5.77. The largest absolute Gasteiger partial charge is 0.417 e. The molecule has 0 heterocycles. The molecule has 1 amide bonds. The Kier molecular flexibility index (Phi) is 4.23. The Morgan fingerprint density at radius 3 is 2.43 bits per heavy atom. The molecule has 21 heavy (non-hydrogen) atoms. The maximum atomic E-state index is 12.9. The molecule has 0 radical (unpaired) electrons. The summed E-state index contributed by atoms with van der Waals surface area (Å²) in [7, 11) is 0. The normalized spacial score (nSPS) is 11.3. The third kappa shape index (κ3) is 3.55. The maximum Gasteiger partial charge on any atom is 0.417 e. The fraction of sp³-hybridized carbons (Fsp3) is 0.133. The molecule has 2 nitrogen and oxygen atoms in total. The topological polar surface area (TPSA) is 29.1 Å². The number of amides is 1. The number of carbonyl (C=O) groups is 1. The third-order valence-electron chi connectivity index (χ3n) is 2.91. The quantitative estimate of drug-likeness (QED) is 0.837. The van der Waals surface area contributed by atoms with Crippen LogP contribution in [0, 0.1) is 6.92 Å². The Balaban J connectivity index is 2.31. The van der Waals surface area contributed by atoms with Crippen LogP contribution in [-0.4, -0.2) is 5.91 Å². The molecule has 6 heteroatoms. The van der Waals surface area contributed by atoms with Gasteiger partial charge >= 0.3 is 6.18 Å². The Morgan fingerprint density at radius 1 is 1.14 bits per heavy atom. The first-order valence-corrected chi connectivity index (χ1v) is 6.40. The molecule has 1 N–H and O–H groups in total. The zero-order valence-electron chi connectivity index (χ0n) is 11.0. The lowest BCUT2D eigenvalue weighted by Gasteiger charge is -2.13. The summed E-state index contributed by atoms with van der Waals surface area (Å²) in [5.74, 6) is -0.831. The van der Waals surface area contributed by atoms with Gasteiger partial charge < -0.3 is 5.32 Å². The Hall–Kier alpha value is -2.01. The zero-order valence-corrected chi connectivity index (χ0v) is 11.7. The molecule has 0 aliphatic carbocycles. The lowest BCUT2D eigenvalue weighted by molar-refractivity contribution is -0.137. The first kappa shape index (κ1) is 15.4. The van der Waals surface area contributed by atoms with E-state index in [2.05, 4.69) is 5.32 Å². The second-order valence-electron chi connectivity index (χ2n) is 4.46. The predicted octanol–water partition coefficient (Wildman–Crippen LogP) is 4.92. The van der Waals surface area contributed by atoms with E-state index >= 15 is 0 Å². The molecule has 0 aromatic heterocycles. The number of alkyl halides is 3. The molecule has 110 valence electrons. The number of rotatable bonds is 2. The highest BCUT2D eigenvalue weighted by atomic mass is 35.5. The van der Waals surface area contributed by atoms with Crippen LogP contribution in [0.25, 0.3) is 0 Å². The average molecular weight is 314 g/mol. The zero-order chi connectivity index (χ0) is 15.6. The van der Waals surface area contributed by atoms with Crippen molar-refractivity contribution in [1.29, 1.82) is 0 Å². The highest BCUT2D eigenvalue weighted by molar-refractivity contribution is 6.31. The number of halogens is 4. The minimum Gasteiger partial charge on any atom is -0.322 e. The molecule has 0 spiro atoms. The van der Waals surface area contributed by atoms with E-state index in [-0.39, 0.29) is 0 Å². The van der Waals surface area contributed by atoms with Crippen LogP contribution in [0.4, 0.5) is 18.9 Å². The second-order valence-corrected chi connectivity index (χ2v) is 4.87. The summed E-state index contributed by atoms with van der Waals surface area (Å²) in [6.45, 7) is 1.78. The number of benzene rings is 2. The van der Waals surface area contributed by atoms with E-state index in [0.29, 0.717) is 10.7 Å². The minimum atomic E-state index is -4.58. The molecule has 0 atom stereocenters. The van der Waals surface area contributed by atoms with Crippen molar-refractivity contribution in [3.63, 3.8) is 0 Å². The summed E-state index contributed by atoms with van der Waals surface area (Å²) in [4.78, 5) is 12.0. The standard InChI is InChI=1S/C15H11ClF3NO/c1-9-6-7-10(8-13(9)16)20-14(21)11-4-2-3-5-12(11)15(17,18)19/h2-8H,1H3,(H,20,21). The van der Waals surface area contributed by atoms with Crippen molar-refractivity contribution in [2.24, 2.45) is 0 Å². The molecule has 0 fully saturated rings. The first-order chi connectivity index (χ1) is 9.79. The van der Waals surface area contributed by atoms with Gasteiger partial charge in [0.15, 0.2) is 0 Å². The third-order valence-corrected chi connectivity index (χ3v) is 3.31. The van der Waals surface area contributed by atoms with Gasteiger partial charge in [-0.2, -0.15) is 13.2 Å². The van der Waals surface area contributed by atoms with Crippen molar-refractivity contribution < 1.29 is 18.0 Å². The van der Waals surface area contributed by atoms with Gasteiger partial charge in [-0.15, -0.1) is 0 Å². The SMILES string of the molecule is Cc1ccc(NC(=O)c2ccccc2C(F)(F)F)cc1Cl. The van der Waals surface area contributed by atoms with E-state index < -0.39 is 23.2 Å². The molecule has 0 unspecified atom stereocenters. The van der Waals surface area contributed by atoms with Crippen molar-refractivity contribution in [2.45, 2.75) is 13.1 Å². The van der Waals surface area contributed by atoms with Gasteiger partial charge in [0.25, 0.3) is 5.91 Å². The number of carbonyl (C=O) groups excluding carboxylic acids is 1. The van der Waals surface area contributed by atoms with E-state index in [1.165, 1.54) is 18.2 Å². The van der Waals surface area contributed by atoms with Gasteiger partial charge in [-0.3, -0.25) is 4.79 Å². The Bertz CT molecular complexity index is 683. The fourth-order valence-electron chi connectivity index (χ4n) is 1.80. The molecule has 2 rings (SSSR count). The van der Waals surface area contributed by atoms with Gasteiger partial charge in [0.05, 0.1) is 11.1 Å². The number of nitrogens with one attached hydrogen (secondary N) is 1. The first-order valence-electron chi connectivity index (χ1n) is 6.03. The van der Waals surface area contributed by atoms with Crippen LogP contribution in [0.3, 0.4) is 0 Å². The van der Waals surface area contributed by atoms with Gasteiger partial charge in [-0.25, -0.2) is 0 Å². The molecule has 2 aromatic rings. The summed E-state index contributed by atoms with van der Waals surface area (Å²) in [6.07, 6.45) is -4.58. The number of anilines is 1. The highest BCUT2D eigenvalue weighted by Gasteiger charge is 2.34. The van der Waals surface area contributed by atoms with Crippen molar-refractivity contribution in [2.75, 3.05) is 5.32 Å². The van der Waals surface area contributed by atoms with Gasteiger partial charge in [0.2, 0.25) is 0 Å². The molecular weight excluding hydrogens is 303 g/mol. The summed E-state index contributed by atoms with van der Waals surface area (Å²) < 4.78 is 38.6. The molecule has 0 aliphatic rings. The van der Waals surface area contributed by atoms with E-state index in [9.17, 15) is 18.0 Å². The van der Waals surface area contributed by atoms with Crippen molar-refractivity contribution in [3.05, 3.63) is 64.2 Å². The number of aryl methyl sites for hydroxylation is 1. The lowest BCUT2D eigenvalue weighted by Crippen LogP contribution is -2.18. The highest BCUT2D eigenvalue weighted by Crippen LogP contribution is 2.32. The molecule has 2 aromatic carbocycles. The van der Waals surface area contributed by atoms with Crippen LogP contribution in [0.1, 0.15) is 21.5 Å². The van der Waals surface area contributed by atoms with Crippen LogP contribution >= 0.6 is 11.6 Å². The van der Waals surface area contributed by atoms with Crippen molar-refractivity contribution in [3.8, 4) is 0 Å². The summed E-state index contributed by atoms with van der Waals surface area (Å²) in [6, 6.07) is 9.37. The lowest BCUT2D eigenvalue weighted by atomic mass is 10.1. The molecule has 0 saturated heterocycles. The fourth-order valence-corrected chi connectivity index (χ4v) is 1.98. The molecule has 0 bridgehead atoms. The minimum absolute atomic E-state index is 0.340. The van der Waals surface area contributed by atoms with Crippen LogP contribution in [0.15, 0.2) is 42.5 Å². The predicted molar refractivity (Wildman–Crippen MR) is 75.6 cm³/mol. The Labute approximate surface area is 124 Å². The van der Waals surface area contributed by atoms with Crippen LogP contribution in [0.2, 0.25) is 5.02 Å². The van der Waals surface area contributed by atoms with E-state index in [0.717, 1.165) is 17.7 Å². The summed E-state index contributed by atoms with van der Waals surface area (Å²) in [5.41, 5.74) is -0.250. The smallest absolute Gasteiger partial charge is 0.322 e. The maximum absolute atomic E-state index is 12.9. The van der Waals surface area contributed by atoms with Crippen molar-refractivity contribution >= 4 is 23.2 Å². The van der Waals surface area contributed by atoms with E-state index in [4.69, 9.17) is 11.6 Å². The van der Waals surface area contributed by atoms with E-state index in [1.807, 2.05) is 0 Å². The van der Waals surface area contributed by atoms with Crippen LogP contribution in [0.5, 0.6) is 0 Å². The number of hydrogen-bond acceptors (Lipinski definition) is 1. The van der Waals surface area contributed by atoms with Gasteiger partial charge in [-0.1, -0.05) is 29.8 Å². The molecule has 0 aliphatic heterocycles. The van der Waals surface area contributed by atoms with Crippen LogP contribution in [-0.2, 0) is 6.18 Å². The van der Waals surface area contributed by atoms with Gasteiger partial charge in [0, 0.05) is 10.7 Å². The Morgan fingerprint density at radius 2 is 1.81 bits per heavy atom.